The first-order valence-electron chi connectivity index (χ1n) is 6.30. The minimum absolute atomic E-state index is 0.211. The lowest BCUT2D eigenvalue weighted by Crippen LogP contribution is -2.14. The average molecular weight is 291 g/mol. The fourth-order valence-corrected chi connectivity index (χ4v) is 2.74. The van der Waals surface area contributed by atoms with Crippen LogP contribution in [0.5, 0.6) is 0 Å². The van der Waals surface area contributed by atoms with E-state index in [1.165, 1.54) is 0 Å². The lowest BCUT2D eigenvalue weighted by atomic mass is 10.3. The molecule has 0 spiro atoms. The van der Waals surface area contributed by atoms with Gasteiger partial charge in [0.05, 0.1) is 4.90 Å². The first-order chi connectivity index (χ1) is 9.51. The summed E-state index contributed by atoms with van der Waals surface area (Å²) in [7, 11) is -3.60. The molecular weight excluding hydrogens is 274 g/mol. The van der Waals surface area contributed by atoms with E-state index in [-0.39, 0.29) is 4.90 Å². The molecule has 0 saturated heterocycles. The fourth-order valence-electron chi connectivity index (χ4n) is 1.74. The summed E-state index contributed by atoms with van der Waals surface area (Å²) in [6, 6.07) is 10.1. The van der Waals surface area contributed by atoms with Crippen LogP contribution in [0.2, 0.25) is 0 Å². The second-order valence-corrected chi connectivity index (χ2v) is 6.06. The molecule has 0 fully saturated rings. The Morgan fingerprint density at radius 1 is 1.15 bits per heavy atom. The van der Waals surface area contributed by atoms with Crippen molar-refractivity contribution in [3.8, 4) is 0 Å². The van der Waals surface area contributed by atoms with Crippen molar-refractivity contribution in [2.24, 2.45) is 0 Å². The molecule has 0 saturated carbocycles. The topological polar surface area (TPSA) is 71.1 Å². The van der Waals surface area contributed by atoms with Crippen LogP contribution in [0.3, 0.4) is 0 Å². The van der Waals surface area contributed by atoms with E-state index < -0.39 is 10.0 Å². The zero-order chi connectivity index (χ0) is 14.6. The van der Waals surface area contributed by atoms with Crippen LogP contribution in [0.4, 0.5) is 11.5 Å². The highest BCUT2D eigenvalue weighted by atomic mass is 32.2. The smallest absolute Gasteiger partial charge is 0.263 e. The zero-order valence-electron chi connectivity index (χ0n) is 11.4. The molecule has 2 N–H and O–H groups in total. The van der Waals surface area contributed by atoms with Crippen LogP contribution in [0, 0.1) is 6.92 Å². The van der Waals surface area contributed by atoms with Gasteiger partial charge in [0.1, 0.15) is 5.82 Å². The van der Waals surface area contributed by atoms with Crippen LogP contribution in [0.15, 0.2) is 47.5 Å². The Morgan fingerprint density at radius 2 is 1.85 bits per heavy atom. The van der Waals surface area contributed by atoms with Gasteiger partial charge in [-0.2, -0.15) is 0 Å². The predicted octanol–water partition coefficient (Wildman–Crippen LogP) is 2.62. The van der Waals surface area contributed by atoms with Crippen LogP contribution in [-0.4, -0.2) is 19.9 Å². The maximum Gasteiger partial charge on any atom is 0.263 e. The van der Waals surface area contributed by atoms with Crippen LogP contribution in [0.1, 0.15) is 12.5 Å². The van der Waals surface area contributed by atoms with Crippen molar-refractivity contribution in [1.29, 1.82) is 0 Å². The Balaban J connectivity index is 2.21. The quantitative estimate of drug-likeness (QED) is 0.888. The number of sulfonamides is 1. The summed E-state index contributed by atoms with van der Waals surface area (Å²) in [4.78, 5) is 4.21. The van der Waals surface area contributed by atoms with Crippen molar-refractivity contribution in [2.75, 3.05) is 16.6 Å². The third-order valence-corrected chi connectivity index (χ3v) is 4.07. The third kappa shape index (κ3) is 3.48. The second kappa shape index (κ2) is 5.92. The maximum absolute atomic E-state index is 12.2. The first-order valence-corrected chi connectivity index (χ1v) is 7.79. The van der Waals surface area contributed by atoms with Gasteiger partial charge in [-0.05, 0) is 55.8 Å². The molecule has 2 rings (SSSR count). The second-order valence-electron chi connectivity index (χ2n) is 4.38. The maximum atomic E-state index is 12.2. The summed E-state index contributed by atoms with van der Waals surface area (Å²) in [5.74, 6) is 0.320. The largest absolute Gasteiger partial charge is 0.385 e. The van der Waals surface area contributed by atoms with Gasteiger partial charge in [0.15, 0.2) is 0 Å². The highest BCUT2D eigenvalue weighted by molar-refractivity contribution is 7.92. The van der Waals surface area contributed by atoms with Crippen LogP contribution in [-0.2, 0) is 10.0 Å². The fraction of sp³-hybridized carbons (Fsp3) is 0.214. The number of pyridine rings is 1. The van der Waals surface area contributed by atoms with Crippen molar-refractivity contribution >= 4 is 21.5 Å². The van der Waals surface area contributed by atoms with E-state index in [1.54, 1.807) is 36.5 Å². The standard InChI is InChI=1S/C14H17N3O2S/c1-3-15-12-4-6-13(7-5-12)20(18,19)17-14-10-11(2)8-9-16-14/h4-10,15H,3H2,1-2H3,(H,16,17). The molecule has 5 nitrogen and oxygen atoms in total. The molecule has 0 aliphatic rings. The summed E-state index contributed by atoms with van der Waals surface area (Å²) in [5.41, 5.74) is 1.83. The Morgan fingerprint density at radius 3 is 2.45 bits per heavy atom. The molecule has 0 atom stereocenters. The Labute approximate surface area is 119 Å². The highest BCUT2D eigenvalue weighted by Crippen LogP contribution is 2.17. The number of benzene rings is 1. The number of aryl methyl sites for hydroxylation is 1. The van der Waals surface area contributed by atoms with E-state index in [0.29, 0.717) is 5.82 Å². The van der Waals surface area contributed by atoms with Crippen molar-refractivity contribution in [2.45, 2.75) is 18.7 Å². The van der Waals surface area contributed by atoms with Crippen LogP contribution < -0.4 is 10.0 Å². The number of nitrogens with zero attached hydrogens (tertiary/aromatic N) is 1. The van der Waals surface area contributed by atoms with E-state index in [0.717, 1.165) is 17.8 Å². The summed E-state index contributed by atoms with van der Waals surface area (Å²) >= 11 is 0. The number of aromatic nitrogens is 1. The van der Waals surface area contributed by atoms with Gasteiger partial charge in [-0.3, -0.25) is 4.72 Å². The van der Waals surface area contributed by atoms with Crippen molar-refractivity contribution in [3.63, 3.8) is 0 Å². The molecule has 20 heavy (non-hydrogen) atoms. The van der Waals surface area contributed by atoms with Gasteiger partial charge in [0, 0.05) is 18.4 Å². The minimum atomic E-state index is -3.60. The van der Waals surface area contributed by atoms with Gasteiger partial charge in [0.25, 0.3) is 10.0 Å². The Hall–Kier alpha value is -2.08. The molecule has 0 aliphatic heterocycles. The molecule has 1 heterocycles. The highest BCUT2D eigenvalue weighted by Gasteiger charge is 2.14. The summed E-state index contributed by atoms with van der Waals surface area (Å²) < 4.78 is 26.9. The van der Waals surface area contributed by atoms with E-state index in [9.17, 15) is 8.42 Å². The van der Waals surface area contributed by atoms with Gasteiger partial charge >= 0.3 is 0 Å². The minimum Gasteiger partial charge on any atom is -0.385 e. The Bertz CT molecular complexity index is 682. The zero-order valence-corrected chi connectivity index (χ0v) is 12.2. The number of hydrogen-bond donors (Lipinski definition) is 2. The lowest BCUT2D eigenvalue weighted by Gasteiger charge is -2.09. The summed E-state index contributed by atoms with van der Waals surface area (Å²) in [5, 5.41) is 3.12. The summed E-state index contributed by atoms with van der Waals surface area (Å²) in [6.45, 7) is 4.65. The number of anilines is 2. The van der Waals surface area contributed by atoms with Gasteiger partial charge in [-0.25, -0.2) is 13.4 Å². The van der Waals surface area contributed by atoms with Gasteiger partial charge in [0.2, 0.25) is 0 Å². The van der Waals surface area contributed by atoms with Crippen molar-refractivity contribution in [1.82, 2.24) is 4.98 Å². The van der Waals surface area contributed by atoms with E-state index in [4.69, 9.17) is 0 Å². The molecule has 2 aromatic rings. The molecule has 0 bridgehead atoms. The Kier molecular flexibility index (Phi) is 4.24. The number of nitrogens with one attached hydrogen (secondary N) is 2. The van der Waals surface area contributed by atoms with Crippen molar-refractivity contribution < 1.29 is 8.42 Å². The van der Waals surface area contributed by atoms with Crippen LogP contribution >= 0.6 is 0 Å². The first kappa shape index (κ1) is 14.3. The molecule has 0 radical (unpaired) electrons. The number of hydrogen-bond acceptors (Lipinski definition) is 4. The summed E-state index contributed by atoms with van der Waals surface area (Å²) in [6.07, 6.45) is 1.57. The molecular formula is C14H17N3O2S. The molecule has 0 unspecified atom stereocenters. The van der Waals surface area contributed by atoms with E-state index in [2.05, 4.69) is 15.0 Å². The monoisotopic (exact) mass is 291 g/mol. The van der Waals surface area contributed by atoms with Crippen molar-refractivity contribution in [3.05, 3.63) is 48.2 Å². The molecule has 106 valence electrons. The SMILES string of the molecule is CCNc1ccc(S(=O)(=O)Nc2cc(C)ccn2)cc1. The van der Waals surface area contributed by atoms with Crippen LogP contribution in [0.25, 0.3) is 0 Å². The third-order valence-electron chi connectivity index (χ3n) is 2.70. The molecule has 0 aliphatic carbocycles. The normalized spacial score (nSPS) is 11.1. The molecule has 1 aromatic heterocycles. The number of rotatable bonds is 5. The van der Waals surface area contributed by atoms with Gasteiger partial charge in [-0.15, -0.1) is 0 Å². The molecule has 0 amide bonds. The average Bonchev–Trinajstić information content (AvgIpc) is 2.39. The van der Waals surface area contributed by atoms with Gasteiger partial charge in [-0.1, -0.05) is 0 Å². The van der Waals surface area contributed by atoms with Gasteiger partial charge < -0.3 is 5.32 Å². The molecule has 1 aromatic carbocycles. The van der Waals surface area contributed by atoms with E-state index in [1.807, 2.05) is 19.9 Å². The van der Waals surface area contributed by atoms with E-state index >= 15 is 0 Å². The molecule has 6 heteroatoms. The lowest BCUT2D eigenvalue weighted by molar-refractivity contribution is 0.601. The predicted molar refractivity (Wildman–Crippen MR) is 80.4 cm³/mol.